The van der Waals surface area contributed by atoms with E-state index in [-0.39, 0.29) is 30.0 Å². The Labute approximate surface area is 186 Å². The summed E-state index contributed by atoms with van der Waals surface area (Å²) >= 11 is 0. The Morgan fingerprint density at radius 3 is 2.58 bits per heavy atom. The second-order valence-corrected chi connectivity index (χ2v) is 12.3. The van der Waals surface area contributed by atoms with Gasteiger partial charge in [-0.3, -0.25) is 9.69 Å². The van der Waals surface area contributed by atoms with Crippen LogP contribution in [0.3, 0.4) is 0 Å². The van der Waals surface area contributed by atoms with E-state index in [4.69, 9.17) is 0 Å². The van der Waals surface area contributed by atoms with Gasteiger partial charge in [-0.15, -0.1) is 0 Å². The second-order valence-electron chi connectivity index (χ2n) is 10.3. The molecule has 2 aliphatic carbocycles. The van der Waals surface area contributed by atoms with Gasteiger partial charge in [-0.25, -0.2) is 17.1 Å². The van der Waals surface area contributed by atoms with Gasteiger partial charge in [-0.1, -0.05) is 6.92 Å². The number of nitrogens with zero attached hydrogens (tertiary/aromatic N) is 2. The predicted molar refractivity (Wildman–Crippen MR) is 119 cm³/mol. The van der Waals surface area contributed by atoms with Crippen molar-refractivity contribution in [2.75, 3.05) is 32.4 Å². The molecule has 2 saturated heterocycles. The first-order valence-corrected chi connectivity index (χ1v) is 14.0. The lowest BCUT2D eigenvalue weighted by Gasteiger charge is -2.37. The molecule has 2 aliphatic heterocycles. The molecule has 0 aromatic heterocycles. The summed E-state index contributed by atoms with van der Waals surface area (Å²) in [5.41, 5.74) is 0. The van der Waals surface area contributed by atoms with Crippen LogP contribution < -0.4 is 10.6 Å². The molecule has 2 heterocycles. The van der Waals surface area contributed by atoms with Crippen LogP contribution in [0.4, 0.5) is 4.39 Å². The van der Waals surface area contributed by atoms with Crippen LogP contribution in [-0.4, -0.2) is 86.3 Å². The van der Waals surface area contributed by atoms with Crippen LogP contribution in [0, 0.1) is 11.8 Å². The third-order valence-corrected chi connectivity index (χ3v) is 9.43. The van der Waals surface area contributed by atoms with Gasteiger partial charge in [0.15, 0.2) is 0 Å². The summed E-state index contributed by atoms with van der Waals surface area (Å²) in [7, 11) is -3.14. The van der Waals surface area contributed by atoms with Crippen molar-refractivity contribution >= 4 is 15.9 Å². The van der Waals surface area contributed by atoms with Crippen LogP contribution in [-0.2, 0) is 14.8 Å². The summed E-state index contributed by atoms with van der Waals surface area (Å²) in [6.07, 6.45) is 7.50. The van der Waals surface area contributed by atoms with Gasteiger partial charge in [0, 0.05) is 43.7 Å². The number of carbonyl (C=O) groups excluding carboxylic acids is 1. The average molecular weight is 459 g/mol. The molecule has 2 saturated carbocycles. The summed E-state index contributed by atoms with van der Waals surface area (Å²) in [6.45, 7) is 4.95. The molecule has 1 amide bonds. The van der Waals surface area contributed by atoms with E-state index in [1.165, 1.54) is 6.26 Å². The Balaban J connectivity index is 1.30. The van der Waals surface area contributed by atoms with E-state index in [1.807, 2.05) is 0 Å². The molecule has 0 radical (unpaired) electrons. The molecule has 0 spiro atoms. The molecule has 5 unspecified atom stereocenters. The normalized spacial score (nSPS) is 40.8. The van der Waals surface area contributed by atoms with E-state index in [0.717, 1.165) is 51.6 Å². The Morgan fingerprint density at radius 2 is 1.84 bits per heavy atom. The van der Waals surface area contributed by atoms with Gasteiger partial charge in [0.25, 0.3) is 0 Å². The van der Waals surface area contributed by atoms with E-state index >= 15 is 0 Å². The van der Waals surface area contributed by atoms with Gasteiger partial charge >= 0.3 is 0 Å². The van der Waals surface area contributed by atoms with Gasteiger partial charge in [0.1, 0.15) is 6.17 Å². The van der Waals surface area contributed by atoms with Gasteiger partial charge in [0.2, 0.25) is 15.9 Å². The quantitative estimate of drug-likeness (QED) is 0.667. The number of nitrogens with one attached hydrogen (secondary N) is 2. The molecular weight excluding hydrogens is 419 g/mol. The maximum atomic E-state index is 14.4. The SMILES string of the molecule is CC1CCC(F)C2CC(C(=O)N[C@@H]3CCC[C@H](N4CCCN(S(C)(=O)=O)CC4)C3)NC12. The number of halogens is 1. The minimum Gasteiger partial charge on any atom is -0.352 e. The summed E-state index contributed by atoms with van der Waals surface area (Å²) in [5, 5.41) is 6.70. The monoisotopic (exact) mass is 458 g/mol. The van der Waals surface area contributed by atoms with Crippen LogP contribution >= 0.6 is 0 Å². The number of sulfonamides is 1. The smallest absolute Gasteiger partial charge is 0.237 e. The topological polar surface area (TPSA) is 81.8 Å². The molecule has 7 nitrogen and oxygen atoms in total. The first-order valence-electron chi connectivity index (χ1n) is 12.1. The van der Waals surface area contributed by atoms with Crippen molar-refractivity contribution in [3.8, 4) is 0 Å². The van der Waals surface area contributed by atoms with E-state index in [0.29, 0.717) is 37.9 Å². The highest BCUT2D eigenvalue weighted by atomic mass is 32.2. The molecule has 31 heavy (non-hydrogen) atoms. The Bertz CT molecular complexity index is 733. The minimum absolute atomic E-state index is 0.0265. The predicted octanol–water partition coefficient (Wildman–Crippen LogP) is 1.50. The highest BCUT2D eigenvalue weighted by Crippen LogP contribution is 2.38. The minimum atomic E-state index is -3.14. The molecule has 7 atom stereocenters. The van der Waals surface area contributed by atoms with Crippen molar-refractivity contribution in [3.63, 3.8) is 0 Å². The number of hydrogen-bond donors (Lipinski definition) is 2. The number of alkyl halides is 1. The third kappa shape index (κ3) is 5.42. The zero-order valence-corrected chi connectivity index (χ0v) is 19.7. The number of hydrogen-bond acceptors (Lipinski definition) is 5. The van der Waals surface area contributed by atoms with Crippen LogP contribution in [0.25, 0.3) is 0 Å². The highest BCUT2D eigenvalue weighted by molar-refractivity contribution is 7.88. The molecule has 4 fully saturated rings. The first-order chi connectivity index (χ1) is 14.7. The summed E-state index contributed by atoms with van der Waals surface area (Å²) in [5.74, 6) is 0.412. The summed E-state index contributed by atoms with van der Waals surface area (Å²) in [4.78, 5) is 15.4. The zero-order chi connectivity index (χ0) is 22.2. The van der Waals surface area contributed by atoms with Gasteiger partial charge in [-0.05, 0) is 63.8 Å². The van der Waals surface area contributed by atoms with Crippen molar-refractivity contribution in [2.24, 2.45) is 11.8 Å². The summed E-state index contributed by atoms with van der Waals surface area (Å²) < 4.78 is 39.7. The van der Waals surface area contributed by atoms with E-state index < -0.39 is 16.2 Å². The average Bonchev–Trinajstić information content (AvgIpc) is 3.03. The molecule has 178 valence electrons. The van der Waals surface area contributed by atoms with Crippen molar-refractivity contribution in [1.29, 1.82) is 0 Å². The largest absolute Gasteiger partial charge is 0.352 e. The van der Waals surface area contributed by atoms with Crippen molar-refractivity contribution in [1.82, 2.24) is 19.8 Å². The molecule has 0 bridgehead atoms. The molecule has 4 rings (SSSR count). The van der Waals surface area contributed by atoms with Gasteiger partial charge in [-0.2, -0.15) is 0 Å². The number of fused-ring (bicyclic) bond motifs is 1. The fourth-order valence-corrected chi connectivity index (χ4v) is 7.21. The standard InChI is InChI=1S/C22H39FN4O3S/c1-15-7-8-19(23)18-14-20(25-21(15)18)22(28)24-16-5-3-6-17(13-16)26-9-4-10-27(12-11-26)31(2,29)30/h15-21,25H,3-14H2,1-2H3,(H,24,28)/t15?,16-,17+,18?,19?,20?,21?/m1/s1. The molecule has 0 aromatic rings. The van der Waals surface area contributed by atoms with Crippen LogP contribution in [0.1, 0.15) is 58.3 Å². The first kappa shape index (κ1) is 23.4. The van der Waals surface area contributed by atoms with E-state index in [1.54, 1.807) is 4.31 Å². The van der Waals surface area contributed by atoms with Crippen LogP contribution in [0.2, 0.25) is 0 Å². The molecule has 4 aliphatic rings. The van der Waals surface area contributed by atoms with E-state index in [2.05, 4.69) is 22.5 Å². The van der Waals surface area contributed by atoms with Gasteiger partial charge in [0.05, 0.1) is 12.3 Å². The number of rotatable bonds is 4. The highest BCUT2D eigenvalue weighted by Gasteiger charge is 2.46. The Kier molecular flexibility index (Phi) is 7.25. The van der Waals surface area contributed by atoms with Crippen molar-refractivity contribution in [3.05, 3.63) is 0 Å². The Morgan fingerprint density at radius 1 is 1.03 bits per heavy atom. The second kappa shape index (κ2) is 9.61. The third-order valence-electron chi connectivity index (χ3n) is 8.12. The van der Waals surface area contributed by atoms with Crippen molar-refractivity contribution < 1.29 is 17.6 Å². The molecular formula is C22H39FN4O3S. The number of amides is 1. The van der Waals surface area contributed by atoms with Crippen LogP contribution in [0.5, 0.6) is 0 Å². The fourth-order valence-electron chi connectivity index (χ4n) is 6.34. The lowest BCUT2D eigenvalue weighted by atomic mass is 9.77. The number of carbonyl (C=O) groups is 1. The lowest BCUT2D eigenvalue weighted by molar-refractivity contribution is -0.124. The summed E-state index contributed by atoms with van der Waals surface area (Å²) in [6, 6.07) is 0.362. The van der Waals surface area contributed by atoms with E-state index in [9.17, 15) is 17.6 Å². The lowest BCUT2D eigenvalue weighted by Crippen LogP contribution is -2.51. The maximum Gasteiger partial charge on any atom is 0.237 e. The molecule has 2 N–H and O–H groups in total. The fraction of sp³-hybridized carbons (Fsp3) is 0.955. The maximum absolute atomic E-state index is 14.4. The molecule has 0 aromatic carbocycles. The van der Waals surface area contributed by atoms with Crippen LogP contribution in [0.15, 0.2) is 0 Å². The Hall–Kier alpha value is -0.770. The zero-order valence-electron chi connectivity index (χ0n) is 18.9. The van der Waals surface area contributed by atoms with Crippen molar-refractivity contribution in [2.45, 2.75) is 88.6 Å². The van der Waals surface area contributed by atoms with Gasteiger partial charge < -0.3 is 10.6 Å². The molecule has 9 heteroatoms.